The van der Waals surface area contributed by atoms with Crippen molar-refractivity contribution in [2.75, 3.05) is 13.2 Å². The van der Waals surface area contributed by atoms with E-state index < -0.39 is 6.10 Å². The summed E-state index contributed by atoms with van der Waals surface area (Å²) >= 11 is 0. The van der Waals surface area contributed by atoms with Gasteiger partial charge in [-0.3, -0.25) is 14.4 Å². The molecule has 0 fully saturated rings. The Balaban J connectivity index is 4.69. The Kier molecular flexibility index (Phi) is 57.6. The molecule has 424 valence electrons. The van der Waals surface area contributed by atoms with Crippen LogP contribution in [-0.2, 0) is 28.6 Å². The van der Waals surface area contributed by atoms with E-state index in [9.17, 15) is 14.4 Å². The molecule has 0 spiro atoms. The topological polar surface area (TPSA) is 78.9 Å². The Morgan fingerprint density at radius 2 is 0.468 bits per heavy atom. The standard InChI is InChI=1S/C71H104O6/c1-4-7-10-13-16-19-22-25-28-31-33-35-37-40-43-46-49-52-55-58-61-64-70(73)76-67-68(66-75-69(72)63-60-57-54-51-48-45-42-39-30-27-24-21-18-15-12-9-6-3)77-71(74)65-62-59-56-53-50-47-44-41-38-36-34-32-29-26-23-20-17-14-11-8-5-2/h7-12,16-21,25-30,33-36,40-45,49-54,68H,4-6,13-15,22-24,31-32,37-39,46-48,55-67H2,1-3H3/b10-7-,11-8-,12-9-,19-16-,20-17-,21-18-,28-25-,29-26-,30-27-,35-33-,36-34-,43-40-,44-41-,45-42-,52-49-,53-50-,54-51-. The Bertz CT molecular complexity index is 1930. The van der Waals surface area contributed by atoms with Crippen molar-refractivity contribution in [3.05, 3.63) is 207 Å². The Hall–Kier alpha value is -6.01. The highest BCUT2D eigenvalue weighted by Gasteiger charge is 2.19. The summed E-state index contributed by atoms with van der Waals surface area (Å²) in [5.41, 5.74) is 0. The van der Waals surface area contributed by atoms with Crippen molar-refractivity contribution in [1.29, 1.82) is 0 Å². The lowest BCUT2D eigenvalue weighted by Gasteiger charge is -2.18. The highest BCUT2D eigenvalue weighted by Crippen LogP contribution is 2.10. The van der Waals surface area contributed by atoms with Gasteiger partial charge >= 0.3 is 17.9 Å². The molecule has 0 aromatic heterocycles. The van der Waals surface area contributed by atoms with Gasteiger partial charge in [-0.25, -0.2) is 0 Å². The maximum atomic E-state index is 12.9. The van der Waals surface area contributed by atoms with Crippen LogP contribution in [0.25, 0.3) is 0 Å². The van der Waals surface area contributed by atoms with Gasteiger partial charge in [0, 0.05) is 19.3 Å². The van der Waals surface area contributed by atoms with E-state index in [2.05, 4.69) is 227 Å². The molecule has 0 aromatic rings. The van der Waals surface area contributed by atoms with Crippen molar-refractivity contribution in [2.24, 2.45) is 0 Å². The highest BCUT2D eigenvalue weighted by molar-refractivity contribution is 5.71. The monoisotopic (exact) mass is 1050 g/mol. The average molecular weight is 1050 g/mol. The van der Waals surface area contributed by atoms with Crippen molar-refractivity contribution >= 4 is 17.9 Å². The van der Waals surface area contributed by atoms with Crippen molar-refractivity contribution in [3.63, 3.8) is 0 Å². The van der Waals surface area contributed by atoms with Crippen molar-refractivity contribution in [1.82, 2.24) is 0 Å². The Labute approximate surface area is 470 Å². The summed E-state index contributed by atoms with van der Waals surface area (Å²) in [5, 5.41) is 0. The SMILES string of the molecule is CC/C=C\C/C=C\C/C=C\C/C=C\C/C=C\C/C=C\CCCCC(=O)OCC(COC(=O)CCC/C=C\C/C=C\C/C=C\C/C=C\C/C=C\CC)OC(=O)CCCC/C=C\C/C=C\C/C=C\C/C=C\C/C=C\C/C=C\CC. The van der Waals surface area contributed by atoms with Gasteiger partial charge in [0.25, 0.3) is 0 Å². The molecule has 0 rings (SSSR count). The van der Waals surface area contributed by atoms with E-state index in [-0.39, 0.29) is 50.4 Å². The van der Waals surface area contributed by atoms with Gasteiger partial charge in [-0.2, -0.15) is 0 Å². The quantitative estimate of drug-likeness (QED) is 0.0261. The number of unbranched alkanes of at least 4 members (excludes halogenated alkanes) is 5. The predicted octanol–water partition coefficient (Wildman–Crippen LogP) is 20.4. The number of ether oxygens (including phenoxy) is 3. The third-order valence-corrected chi connectivity index (χ3v) is 11.3. The lowest BCUT2D eigenvalue weighted by Crippen LogP contribution is -2.30. The number of carbonyl (C=O) groups is 3. The number of hydrogen-bond donors (Lipinski definition) is 0. The zero-order valence-electron chi connectivity index (χ0n) is 48.4. The molecule has 0 saturated heterocycles. The van der Waals surface area contributed by atoms with Gasteiger partial charge in [0.15, 0.2) is 6.10 Å². The lowest BCUT2D eigenvalue weighted by molar-refractivity contribution is -0.167. The number of hydrogen-bond acceptors (Lipinski definition) is 6. The summed E-state index contributed by atoms with van der Waals surface area (Å²) in [6, 6.07) is 0. The molecular formula is C71H104O6. The second-order valence-corrected chi connectivity index (χ2v) is 18.4. The maximum absolute atomic E-state index is 12.9. The molecule has 0 N–H and O–H groups in total. The minimum absolute atomic E-state index is 0.149. The molecule has 1 unspecified atom stereocenters. The zero-order chi connectivity index (χ0) is 55.7. The van der Waals surface area contributed by atoms with Crippen LogP contribution in [0.4, 0.5) is 0 Å². The average Bonchev–Trinajstić information content (AvgIpc) is 3.43. The number of carbonyl (C=O) groups excluding carboxylic acids is 3. The van der Waals surface area contributed by atoms with Gasteiger partial charge in [-0.05, 0) is 161 Å². The summed E-state index contributed by atoms with van der Waals surface area (Å²) in [7, 11) is 0. The van der Waals surface area contributed by atoms with E-state index in [0.717, 1.165) is 141 Å². The van der Waals surface area contributed by atoms with Crippen LogP contribution < -0.4 is 0 Å². The molecule has 0 amide bonds. The molecule has 0 aliphatic heterocycles. The van der Waals surface area contributed by atoms with Gasteiger partial charge in [-0.15, -0.1) is 0 Å². The first-order valence-electron chi connectivity index (χ1n) is 29.6. The predicted molar refractivity (Wildman–Crippen MR) is 333 cm³/mol. The first-order chi connectivity index (χ1) is 38.0. The van der Waals surface area contributed by atoms with E-state index in [1.807, 2.05) is 0 Å². The smallest absolute Gasteiger partial charge is 0.306 e. The largest absolute Gasteiger partial charge is 0.462 e. The van der Waals surface area contributed by atoms with Crippen molar-refractivity contribution in [2.45, 2.75) is 207 Å². The van der Waals surface area contributed by atoms with E-state index in [0.29, 0.717) is 19.3 Å². The van der Waals surface area contributed by atoms with Crippen molar-refractivity contribution in [3.8, 4) is 0 Å². The van der Waals surface area contributed by atoms with E-state index in [1.54, 1.807) is 0 Å². The van der Waals surface area contributed by atoms with Gasteiger partial charge in [0.05, 0.1) is 0 Å². The second-order valence-electron chi connectivity index (χ2n) is 18.4. The second kappa shape index (κ2) is 62.5. The van der Waals surface area contributed by atoms with Crippen LogP contribution in [0.3, 0.4) is 0 Å². The number of esters is 3. The van der Waals surface area contributed by atoms with Crippen LogP contribution in [0.5, 0.6) is 0 Å². The minimum Gasteiger partial charge on any atom is -0.462 e. The van der Waals surface area contributed by atoms with E-state index >= 15 is 0 Å². The van der Waals surface area contributed by atoms with Crippen LogP contribution >= 0.6 is 0 Å². The molecule has 0 radical (unpaired) electrons. The molecule has 0 aliphatic carbocycles. The lowest BCUT2D eigenvalue weighted by atomic mass is 10.1. The molecule has 0 saturated carbocycles. The van der Waals surface area contributed by atoms with Crippen LogP contribution in [0.1, 0.15) is 201 Å². The van der Waals surface area contributed by atoms with Crippen LogP contribution in [0.15, 0.2) is 207 Å². The van der Waals surface area contributed by atoms with Crippen molar-refractivity contribution < 1.29 is 28.6 Å². The summed E-state index contributed by atoms with van der Waals surface area (Å²) in [5.74, 6) is -1.11. The normalized spacial score (nSPS) is 13.6. The molecule has 0 bridgehead atoms. The molecule has 1 atom stereocenters. The summed E-state index contributed by atoms with van der Waals surface area (Å²) in [6.45, 7) is 6.14. The summed E-state index contributed by atoms with van der Waals surface area (Å²) in [4.78, 5) is 38.2. The van der Waals surface area contributed by atoms with Crippen LogP contribution in [-0.4, -0.2) is 37.2 Å². The molecule has 0 aromatic carbocycles. The molecule has 77 heavy (non-hydrogen) atoms. The maximum Gasteiger partial charge on any atom is 0.306 e. The third kappa shape index (κ3) is 60.7. The van der Waals surface area contributed by atoms with Gasteiger partial charge < -0.3 is 14.2 Å². The first-order valence-corrected chi connectivity index (χ1v) is 29.6. The third-order valence-electron chi connectivity index (χ3n) is 11.3. The minimum atomic E-state index is -0.858. The van der Waals surface area contributed by atoms with Gasteiger partial charge in [0.1, 0.15) is 13.2 Å². The van der Waals surface area contributed by atoms with Crippen LogP contribution in [0, 0.1) is 0 Å². The van der Waals surface area contributed by atoms with Crippen LogP contribution in [0.2, 0.25) is 0 Å². The fraction of sp³-hybridized carbons (Fsp3) is 0.479. The molecule has 6 nitrogen and oxygen atoms in total. The van der Waals surface area contributed by atoms with Gasteiger partial charge in [-0.1, -0.05) is 227 Å². The van der Waals surface area contributed by atoms with Gasteiger partial charge in [0.2, 0.25) is 0 Å². The molecule has 6 heteroatoms. The Morgan fingerprint density at radius 3 is 0.727 bits per heavy atom. The summed E-state index contributed by atoms with van der Waals surface area (Å²) < 4.78 is 16.8. The highest BCUT2D eigenvalue weighted by atomic mass is 16.6. The molecule has 0 heterocycles. The zero-order valence-corrected chi connectivity index (χ0v) is 48.4. The van der Waals surface area contributed by atoms with E-state index in [1.165, 1.54) is 0 Å². The number of allylic oxidation sites excluding steroid dienone is 34. The first kappa shape index (κ1) is 71.0. The summed E-state index contributed by atoms with van der Waals surface area (Å²) in [6.07, 6.45) is 96.8. The fourth-order valence-corrected chi connectivity index (χ4v) is 6.95. The fourth-order valence-electron chi connectivity index (χ4n) is 6.95. The Morgan fingerprint density at radius 1 is 0.260 bits per heavy atom. The van der Waals surface area contributed by atoms with E-state index in [4.69, 9.17) is 14.2 Å². The number of rotatable bonds is 50. The molecular weight excluding hydrogens is 949 g/mol. The molecule has 0 aliphatic rings.